The molecule has 6 heteroatoms. The van der Waals surface area contributed by atoms with E-state index < -0.39 is 0 Å². The maximum Gasteiger partial charge on any atom is 0.329 e. The number of aromatic amines is 1. The molecular weight excluding hydrogens is 244 g/mol. The van der Waals surface area contributed by atoms with Gasteiger partial charge in [0.25, 0.3) is 5.56 Å². The minimum atomic E-state index is -0.349. The average molecular weight is 266 g/mol. The SMILES string of the molecule is CCCCCCN1CN(C)c2c1n(C)c(=O)[nH]c2=O. The zero-order valence-corrected chi connectivity index (χ0v) is 11.9. The highest BCUT2D eigenvalue weighted by Crippen LogP contribution is 2.29. The third-order valence-electron chi connectivity index (χ3n) is 3.62. The fourth-order valence-electron chi connectivity index (χ4n) is 2.60. The average Bonchev–Trinajstić information content (AvgIpc) is 2.69. The van der Waals surface area contributed by atoms with Gasteiger partial charge < -0.3 is 9.80 Å². The summed E-state index contributed by atoms with van der Waals surface area (Å²) in [6.45, 7) is 3.73. The van der Waals surface area contributed by atoms with E-state index in [0.717, 1.165) is 18.8 Å². The molecule has 1 aliphatic heterocycles. The van der Waals surface area contributed by atoms with Crippen LogP contribution in [-0.4, -0.2) is 29.8 Å². The van der Waals surface area contributed by atoms with Gasteiger partial charge in [-0.2, -0.15) is 0 Å². The van der Waals surface area contributed by atoms with Crippen LogP contribution >= 0.6 is 0 Å². The quantitative estimate of drug-likeness (QED) is 0.803. The van der Waals surface area contributed by atoms with E-state index in [4.69, 9.17) is 0 Å². The van der Waals surface area contributed by atoms with Crippen LogP contribution in [0.3, 0.4) is 0 Å². The van der Waals surface area contributed by atoms with Gasteiger partial charge in [0.05, 0.1) is 6.67 Å². The fraction of sp³-hybridized carbons (Fsp3) is 0.692. The van der Waals surface area contributed by atoms with Gasteiger partial charge in [-0.15, -0.1) is 0 Å². The molecule has 1 N–H and O–H groups in total. The predicted octanol–water partition coefficient (Wildman–Crippen LogP) is 0.868. The highest BCUT2D eigenvalue weighted by Gasteiger charge is 2.28. The third kappa shape index (κ3) is 2.52. The van der Waals surface area contributed by atoms with Gasteiger partial charge in [0, 0.05) is 20.6 Å². The standard InChI is InChI=1S/C13H22N4O2/c1-4-5-6-7-8-17-9-15(2)10-11(18)14-13(19)16(3)12(10)17/h4-9H2,1-3H3,(H,14,18,19). The highest BCUT2D eigenvalue weighted by atomic mass is 16.2. The van der Waals surface area contributed by atoms with Crippen molar-refractivity contribution >= 4 is 11.5 Å². The van der Waals surface area contributed by atoms with E-state index in [1.807, 2.05) is 11.9 Å². The second-order valence-corrected chi connectivity index (χ2v) is 5.15. The minimum Gasteiger partial charge on any atom is -0.349 e. The highest BCUT2D eigenvalue weighted by molar-refractivity contribution is 5.71. The Kier molecular flexibility index (Phi) is 3.97. The first-order chi connectivity index (χ1) is 9.06. The molecule has 2 heterocycles. The van der Waals surface area contributed by atoms with Crippen molar-refractivity contribution < 1.29 is 0 Å². The number of aromatic nitrogens is 2. The molecule has 1 aliphatic rings. The molecule has 0 radical (unpaired) electrons. The van der Waals surface area contributed by atoms with Crippen LogP contribution < -0.4 is 21.0 Å². The molecule has 0 aliphatic carbocycles. The van der Waals surface area contributed by atoms with Crippen molar-refractivity contribution in [3.8, 4) is 0 Å². The van der Waals surface area contributed by atoms with Crippen molar-refractivity contribution in [2.45, 2.75) is 32.6 Å². The van der Waals surface area contributed by atoms with E-state index in [9.17, 15) is 9.59 Å². The number of nitrogens with one attached hydrogen (secondary N) is 1. The Morgan fingerprint density at radius 3 is 2.58 bits per heavy atom. The molecule has 0 bridgehead atoms. The molecule has 2 rings (SSSR count). The number of fused-ring (bicyclic) bond motifs is 1. The Hall–Kier alpha value is -1.72. The second kappa shape index (κ2) is 5.50. The van der Waals surface area contributed by atoms with Crippen molar-refractivity contribution in [1.29, 1.82) is 0 Å². The number of H-pyrrole nitrogens is 1. The van der Waals surface area contributed by atoms with Crippen LogP contribution in [0.15, 0.2) is 9.59 Å². The molecule has 0 saturated carbocycles. The van der Waals surface area contributed by atoms with Gasteiger partial charge in [0.1, 0.15) is 11.5 Å². The van der Waals surface area contributed by atoms with Crippen LogP contribution in [-0.2, 0) is 7.05 Å². The summed E-state index contributed by atoms with van der Waals surface area (Å²) in [5.74, 6) is 0.743. The summed E-state index contributed by atoms with van der Waals surface area (Å²) < 4.78 is 1.53. The summed E-state index contributed by atoms with van der Waals surface area (Å²) in [4.78, 5) is 29.9. The molecule has 0 fully saturated rings. The lowest BCUT2D eigenvalue weighted by Gasteiger charge is -2.20. The van der Waals surface area contributed by atoms with Gasteiger partial charge in [-0.05, 0) is 6.42 Å². The van der Waals surface area contributed by atoms with E-state index in [-0.39, 0.29) is 11.2 Å². The van der Waals surface area contributed by atoms with Gasteiger partial charge in [0.2, 0.25) is 0 Å². The van der Waals surface area contributed by atoms with Crippen LogP contribution in [0.1, 0.15) is 32.6 Å². The molecule has 6 nitrogen and oxygen atoms in total. The minimum absolute atomic E-state index is 0.295. The Labute approximate surface area is 112 Å². The summed E-state index contributed by atoms with van der Waals surface area (Å²) in [5, 5.41) is 0. The van der Waals surface area contributed by atoms with E-state index in [1.165, 1.54) is 23.8 Å². The van der Waals surface area contributed by atoms with Crippen molar-refractivity contribution in [2.24, 2.45) is 7.05 Å². The largest absolute Gasteiger partial charge is 0.349 e. The zero-order chi connectivity index (χ0) is 14.0. The number of hydrogen-bond acceptors (Lipinski definition) is 4. The number of hydrogen-bond donors (Lipinski definition) is 1. The molecule has 106 valence electrons. The number of anilines is 2. The van der Waals surface area contributed by atoms with Crippen molar-refractivity contribution in [2.75, 3.05) is 30.1 Å². The van der Waals surface area contributed by atoms with Gasteiger partial charge in [-0.25, -0.2) is 4.79 Å². The van der Waals surface area contributed by atoms with Crippen LogP contribution in [0.5, 0.6) is 0 Å². The van der Waals surface area contributed by atoms with Gasteiger partial charge >= 0.3 is 5.69 Å². The fourth-order valence-corrected chi connectivity index (χ4v) is 2.60. The Balaban J connectivity index is 2.25. The number of rotatable bonds is 5. The van der Waals surface area contributed by atoms with E-state index in [0.29, 0.717) is 12.4 Å². The van der Waals surface area contributed by atoms with Crippen molar-refractivity contribution in [1.82, 2.24) is 9.55 Å². The summed E-state index contributed by atoms with van der Waals surface area (Å²) >= 11 is 0. The normalized spacial score (nSPS) is 14.1. The Bertz CT molecular complexity index is 561. The van der Waals surface area contributed by atoms with Crippen molar-refractivity contribution in [3.63, 3.8) is 0 Å². The molecule has 1 aromatic heterocycles. The molecule has 0 saturated heterocycles. The number of nitrogens with zero attached hydrogens (tertiary/aromatic N) is 3. The van der Waals surface area contributed by atoms with Gasteiger partial charge in [0.15, 0.2) is 0 Å². The molecule has 19 heavy (non-hydrogen) atoms. The molecule has 0 atom stereocenters. The Morgan fingerprint density at radius 2 is 1.89 bits per heavy atom. The maximum atomic E-state index is 11.9. The molecule has 0 spiro atoms. The summed E-state index contributed by atoms with van der Waals surface area (Å²) in [5.41, 5.74) is -0.0492. The molecule has 1 aromatic rings. The monoisotopic (exact) mass is 266 g/mol. The van der Waals surface area contributed by atoms with Crippen LogP contribution in [0.2, 0.25) is 0 Å². The van der Waals surface area contributed by atoms with Crippen molar-refractivity contribution in [3.05, 3.63) is 20.8 Å². The van der Waals surface area contributed by atoms with Crippen LogP contribution in [0.25, 0.3) is 0 Å². The Morgan fingerprint density at radius 1 is 1.16 bits per heavy atom. The van der Waals surface area contributed by atoms with Crippen LogP contribution in [0, 0.1) is 0 Å². The maximum absolute atomic E-state index is 11.9. The first-order valence-corrected chi connectivity index (χ1v) is 6.85. The van der Waals surface area contributed by atoms with Crippen LogP contribution in [0.4, 0.5) is 11.5 Å². The summed E-state index contributed by atoms with van der Waals surface area (Å²) in [6.07, 6.45) is 4.70. The van der Waals surface area contributed by atoms with E-state index >= 15 is 0 Å². The van der Waals surface area contributed by atoms with Gasteiger partial charge in [-0.1, -0.05) is 26.2 Å². The third-order valence-corrected chi connectivity index (χ3v) is 3.62. The summed E-state index contributed by atoms with van der Waals surface area (Å²) in [7, 11) is 3.58. The lowest BCUT2D eigenvalue weighted by Crippen LogP contribution is -2.32. The predicted molar refractivity (Wildman–Crippen MR) is 77.1 cm³/mol. The first kappa shape index (κ1) is 13.7. The lowest BCUT2D eigenvalue weighted by atomic mass is 10.2. The molecule has 0 aromatic carbocycles. The molecule has 0 unspecified atom stereocenters. The molecule has 0 amide bonds. The summed E-state index contributed by atoms with van der Waals surface area (Å²) in [6, 6.07) is 0. The van der Waals surface area contributed by atoms with E-state index in [2.05, 4.69) is 16.8 Å². The molecular formula is C13H22N4O2. The second-order valence-electron chi connectivity index (χ2n) is 5.15. The van der Waals surface area contributed by atoms with Gasteiger partial charge in [-0.3, -0.25) is 14.3 Å². The lowest BCUT2D eigenvalue weighted by molar-refractivity contribution is 0.639. The smallest absolute Gasteiger partial charge is 0.329 e. The topological polar surface area (TPSA) is 61.3 Å². The zero-order valence-electron chi connectivity index (χ0n) is 11.9. The number of unbranched alkanes of at least 4 members (excludes halogenated alkanes) is 3. The van der Waals surface area contributed by atoms with E-state index in [1.54, 1.807) is 7.05 Å². The first-order valence-electron chi connectivity index (χ1n) is 6.85.